The highest BCUT2D eigenvalue weighted by Crippen LogP contribution is 2.13. The fourth-order valence-corrected chi connectivity index (χ4v) is 1.79. The third-order valence-corrected chi connectivity index (χ3v) is 2.74. The van der Waals surface area contributed by atoms with Crippen LogP contribution in [0.3, 0.4) is 0 Å². The second-order valence-corrected chi connectivity index (χ2v) is 3.97. The number of phenolic OH excluding ortho intramolecular Hbond substituents is 1. The highest BCUT2D eigenvalue weighted by atomic mass is 32.1. The molecule has 1 aromatic rings. The number of hydrogen-bond acceptors (Lipinski definition) is 4. The molecule has 0 aliphatic carbocycles. The van der Waals surface area contributed by atoms with Crippen molar-refractivity contribution in [3.8, 4) is 5.75 Å². The number of benzene rings is 1. The van der Waals surface area contributed by atoms with E-state index < -0.39 is 6.04 Å². The lowest BCUT2D eigenvalue weighted by Gasteiger charge is -2.08. The topological polar surface area (TPSA) is 78.6 Å². The van der Waals surface area contributed by atoms with Crippen LogP contribution < -0.4 is 11.2 Å². The van der Waals surface area contributed by atoms with Crippen LogP contribution in [-0.2, 0) is 11.2 Å². The largest absolute Gasteiger partial charge is 0.508 e. The minimum Gasteiger partial charge on any atom is -0.508 e. The first-order chi connectivity index (χ1) is 7.58. The van der Waals surface area contributed by atoms with E-state index in [1.807, 2.05) is 0 Å². The van der Waals surface area contributed by atoms with Crippen LogP contribution in [0.5, 0.6) is 5.75 Å². The fourth-order valence-electron chi connectivity index (χ4n) is 1.55. The quantitative estimate of drug-likeness (QED) is 0.380. The second kappa shape index (κ2) is 4.07. The number of aromatic hydroxyl groups is 1. The van der Waals surface area contributed by atoms with Crippen molar-refractivity contribution in [3.05, 3.63) is 29.8 Å². The maximum absolute atomic E-state index is 11.6. The molecule has 0 saturated carbocycles. The molecule has 0 bridgehead atoms. The molecule has 1 atom stereocenters. The van der Waals surface area contributed by atoms with E-state index in [1.165, 1.54) is 0 Å². The number of thiocarbonyl (C=S) groups is 1. The lowest BCUT2D eigenvalue weighted by molar-refractivity contribution is -0.127. The Morgan fingerprint density at radius 3 is 2.56 bits per heavy atom. The van der Waals surface area contributed by atoms with Crippen LogP contribution in [0.15, 0.2) is 24.3 Å². The van der Waals surface area contributed by atoms with E-state index >= 15 is 0 Å². The zero-order valence-corrected chi connectivity index (χ0v) is 9.20. The molecule has 5 nitrogen and oxygen atoms in total. The summed E-state index contributed by atoms with van der Waals surface area (Å²) in [6.07, 6.45) is 0.493. The predicted molar refractivity (Wildman–Crippen MR) is 62.4 cm³/mol. The van der Waals surface area contributed by atoms with Gasteiger partial charge in [-0.15, -0.1) is 0 Å². The van der Waals surface area contributed by atoms with Crippen molar-refractivity contribution in [3.63, 3.8) is 0 Å². The molecule has 1 amide bonds. The number of rotatable bonds is 2. The predicted octanol–water partition coefficient (Wildman–Crippen LogP) is -0.106. The molecular weight excluding hydrogens is 226 g/mol. The van der Waals surface area contributed by atoms with E-state index in [0.29, 0.717) is 6.42 Å². The van der Waals surface area contributed by atoms with Crippen LogP contribution >= 0.6 is 12.2 Å². The van der Waals surface area contributed by atoms with Crippen molar-refractivity contribution >= 4 is 23.2 Å². The maximum atomic E-state index is 11.6. The minimum atomic E-state index is -0.415. The van der Waals surface area contributed by atoms with Gasteiger partial charge >= 0.3 is 0 Å². The third-order valence-electron chi connectivity index (χ3n) is 2.43. The maximum Gasteiger partial charge on any atom is 0.265 e. The first-order valence-electron chi connectivity index (χ1n) is 4.75. The molecule has 1 saturated heterocycles. The Morgan fingerprint density at radius 2 is 2.06 bits per heavy atom. The van der Waals surface area contributed by atoms with E-state index in [-0.39, 0.29) is 16.8 Å². The van der Waals surface area contributed by atoms with Crippen molar-refractivity contribution in [2.45, 2.75) is 12.5 Å². The molecule has 1 aliphatic heterocycles. The van der Waals surface area contributed by atoms with Gasteiger partial charge in [-0.3, -0.25) is 4.79 Å². The molecule has 2 rings (SSSR count). The van der Waals surface area contributed by atoms with E-state index in [1.54, 1.807) is 24.3 Å². The Labute approximate surface area is 97.8 Å². The molecule has 1 aromatic carbocycles. The Morgan fingerprint density at radius 1 is 1.44 bits per heavy atom. The Bertz CT molecular complexity index is 432. The van der Waals surface area contributed by atoms with Crippen LogP contribution in [0.25, 0.3) is 0 Å². The number of phenols is 1. The molecule has 4 N–H and O–H groups in total. The monoisotopic (exact) mass is 237 g/mol. The average molecular weight is 237 g/mol. The van der Waals surface area contributed by atoms with Crippen LogP contribution in [0.2, 0.25) is 0 Å². The normalized spacial score (nSPS) is 20.1. The second-order valence-electron chi connectivity index (χ2n) is 3.58. The molecular formula is C10H11N3O2S. The molecule has 0 radical (unpaired) electrons. The molecule has 1 heterocycles. The SMILES string of the molecule is NN1C(=O)C(Cc2ccc(O)cc2)NC1=S. The lowest BCUT2D eigenvalue weighted by atomic mass is 10.1. The van der Waals surface area contributed by atoms with Crippen molar-refractivity contribution in [1.29, 1.82) is 0 Å². The number of carbonyl (C=O) groups excluding carboxylic acids is 1. The first kappa shape index (κ1) is 10.8. The van der Waals surface area contributed by atoms with Gasteiger partial charge in [0.1, 0.15) is 11.8 Å². The van der Waals surface area contributed by atoms with Gasteiger partial charge in [-0.2, -0.15) is 0 Å². The Kier molecular flexibility index (Phi) is 2.76. The summed E-state index contributed by atoms with van der Waals surface area (Å²) in [5.74, 6) is 5.39. The van der Waals surface area contributed by atoms with Gasteiger partial charge in [-0.25, -0.2) is 10.9 Å². The van der Waals surface area contributed by atoms with Crippen LogP contribution in [0.1, 0.15) is 5.56 Å². The van der Waals surface area contributed by atoms with E-state index in [9.17, 15) is 4.79 Å². The summed E-state index contributed by atoms with van der Waals surface area (Å²) in [6.45, 7) is 0. The van der Waals surface area contributed by atoms with E-state index in [2.05, 4.69) is 5.32 Å². The van der Waals surface area contributed by atoms with Crippen LogP contribution in [0, 0.1) is 0 Å². The molecule has 16 heavy (non-hydrogen) atoms. The molecule has 0 aromatic heterocycles. The van der Waals surface area contributed by atoms with Crippen molar-refractivity contribution < 1.29 is 9.90 Å². The summed E-state index contributed by atoms with van der Waals surface area (Å²) in [5, 5.41) is 13.1. The number of carbonyl (C=O) groups is 1. The number of nitrogens with one attached hydrogen (secondary N) is 1. The molecule has 1 aliphatic rings. The highest BCUT2D eigenvalue weighted by molar-refractivity contribution is 7.80. The number of nitrogens with two attached hydrogens (primary N) is 1. The summed E-state index contributed by atoms with van der Waals surface area (Å²) in [7, 11) is 0. The molecule has 1 unspecified atom stereocenters. The van der Waals surface area contributed by atoms with Crippen LogP contribution in [0.4, 0.5) is 0 Å². The average Bonchev–Trinajstić information content (AvgIpc) is 2.50. The minimum absolute atomic E-state index is 0.199. The first-order valence-corrected chi connectivity index (χ1v) is 5.16. The smallest absolute Gasteiger partial charge is 0.265 e. The zero-order valence-electron chi connectivity index (χ0n) is 8.38. The standard InChI is InChI=1S/C10H11N3O2S/c11-13-9(15)8(12-10(13)16)5-6-1-3-7(14)4-2-6/h1-4,8,14H,5,11H2,(H,12,16). The summed E-state index contributed by atoms with van der Waals surface area (Å²) in [5.41, 5.74) is 0.932. The number of hydrogen-bond donors (Lipinski definition) is 3. The summed E-state index contributed by atoms with van der Waals surface area (Å²) < 4.78 is 0. The van der Waals surface area contributed by atoms with Crippen molar-refractivity contribution in [2.75, 3.05) is 0 Å². The van der Waals surface area contributed by atoms with Crippen molar-refractivity contribution in [2.24, 2.45) is 5.84 Å². The van der Waals surface area contributed by atoms with Gasteiger partial charge in [0.2, 0.25) is 0 Å². The molecule has 0 spiro atoms. The van der Waals surface area contributed by atoms with Gasteiger partial charge in [0.25, 0.3) is 5.91 Å². The van der Waals surface area contributed by atoms with Gasteiger partial charge < -0.3 is 10.4 Å². The summed E-state index contributed by atoms with van der Waals surface area (Å²) in [4.78, 5) is 11.6. The van der Waals surface area contributed by atoms with Gasteiger partial charge in [-0.05, 0) is 29.9 Å². The Hall–Kier alpha value is -1.66. The number of amides is 1. The van der Waals surface area contributed by atoms with Crippen LogP contribution in [-0.4, -0.2) is 27.2 Å². The molecule has 6 heteroatoms. The van der Waals surface area contributed by atoms with E-state index in [0.717, 1.165) is 10.6 Å². The van der Waals surface area contributed by atoms with E-state index in [4.69, 9.17) is 23.2 Å². The Balaban J connectivity index is 2.09. The lowest BCUT2D eigenvalue weighted by Crippen LogP contribution is -2.37. The molecule has 84 valence electrons. The van der Waals surface area contributed by atoms with Gasteiger partial charge in [0.05, 0.1) is 0 Å². The van der Waals surface area contributed by atoms with Gasteiger partial charge in [0.15, 0.2) is 5.11 Å². The summed E-state index contributed by atoms with van der Waals surface area (Å²) >= 11 is 4.86. The zero-order chi connectivity index (χ0) is 11.7. The van der Waals surface area contributed by atoms with Gasteiger partial charge in [0, 0.05) is 6.42 Å². The van der Waals surface area contributed by atoms with Gasteiger partial charge in [-0.1, -0.05) is 12.1 Å². The van der Waals surface area contributed by atoms with Crippen molar-refractivity contribution in [1.82, 2.24) is 10.3 Å². The number of nitrogens with zero attached hydrogens (tertiary/aromatic N) is 1. The summed E-state index contributed by atoms with van der Waals surface area (Å²) in [6, 6.07) is 6.25. The third kappa shape index (κ3) is 1.98. The fraction of sp³-hybridized carbons (Fsp3) is 0.200. The molecule has 1 fully saturated rings. The highest BCUT2D eigenvalue weighted by Gasteiger charge is 2.33. The number of hydrazine groups is 1.